The summed E-state index contributed by atoms with van der Waals surface area (Å²) in [7, 11) is 0. The molecule has 3 aromatic rings. The van der Waals surface area contributed by atoms with Gasteiger partial charge in [0.25, 0.3) is 0 Å². The van der Waals surface area contributed by atoms with E-state index in [-0.39, 0.29) is 0 Å². The zero-order valence-electron chi connectivity index (χ0n) is 15.3. The van der Waals surface area contributed by atoms with Crippen LogP contribution in [0.3, 0.4) is 0 Å². The van der Waals surface area contributed by atoms with Crippen LogP contribution in [0, 0.1) is 0 Å². The molecule has 6 nitrogen and oxygen atoms in total. The van der Waals surface area contributed by atoms with Crippen LogP contribution in [-0.2, 0) is 27.2 Å². The van der Waals surface area contributed by atoms with Gasteiger partial charge in [-0.05, 0) is 46.9 Å². The molecule has 0 radical (unpaired) electrons. The molecule has 6 heteroatoms. The number of rotatable bonds is 7. The highest BCUT2D eigenvalue weighted by Crippen LogP contribution is 2.32. The van der Waals surface area contributed by atoms with E-state index in [1.54, 1.807) is 54.6 Å². The van der Waals surface area contributed by atoms with Gasteiger partial charge in [0.05, 0.1) is 17.1 Å². The Morgan fingerprint density at radius 1 is 0.517 bits per heavy atom. The summed E-state index contributed by atoms with van der Waals surface area (Å²) in [6, 6.07) is 19.9. The smallest absolute Gasteiger partial charge is 0.211 e. The van der Waals surface area contributed by atoms with Crippen LogP contribution in [0.1, 0.15) is 22.3 Å². The number of carbonyl (C=O) groups excluding carboxylic acids is 3. The van der Waals surface area contributed by atoms with Gasteiger partial charge in [-0.1, -0.05) is 48.5 Å². The third-order valence-corrected chi connectivity index (χ3v) is 4.48. The average Bonchev–Trinajstić information content (AvgIpc) is 2.73. The number of para-hydroxylation sites is 2. The zero-order chi connectivity index (χ0) is 20.5. The molecule has 0 spiro atoms. The van der Waals surface area contributed by atoms with Gasteiger partial charge in [0, 0.05) is 6.42 Å². The monoisotopic (exact) mass is 381 g/mol. The molecule has 0 saturated carbocycles. The fourth-order valence-corrected chi connectivity index (χ4v) is 3.18. The van der Waals surface area contributed by atoms with Crippen LogP contribution in [0.4, 0.5) is 17.1 Å². The number of nitrogens with zero attached hydrogens (tertiary/aromatic N) is 3. The molecule has 0 aliphatic heterocycles. The first-order chi connectivity index (χ1) is 14.3. The summed E-state index contributed by atoms with van der Waals surface area (Å²) in [5, 5.41) is 0. The Bertz CT molecular complexity index is 1180. The van der Waals surface area contributed by atoms with Crippen LogP contribution in [0.25, 0.3) is 0 Å². The van der Waals surface area contributed by atoms with E-state index >= 15 is 0 Å². The van der Waals surface area contributed by atoms with E-state index in [1.807, 2.05) is 30.3 Å². The molecule has 0 bridgehead atoms. The largest absolute Gasteiger partial charge is 0.240 e. The zero-order valence-corrected chi connectivity index (χ0v) is 15.3. The van der Waals surface area contributed by atoms with E-state index < -0.39 is 0 Å². The maximum Gasteiger partial charge on any atom is 0.240 e. The van der Waals surface area contributed by atoms with Gasteiger partial charge in [-0.2, -0.15) is 15.0 Å². The molecular weight excluding hydrogens is 366 g/mol. The van der Waals surface area contributed by atoms with Gasteiger partial charge < -0.3 is 0 Å². The van der Waals surface area contributed by atoms with Crippen LogP contribution in [0.2, 0.25) is 0 Å². The Morgan fingerprint density at radius 3 is 1.55 bits per heavy atom. The lowest BCUT2D eigenvalue weighted by Gasteiger charge is -2.14. The minimum atomic E-state index is 0.400. The molecule has 0 N–H and O–H groups in total. The van der Waals surface area contributed by atoms with Crippen LogP contribution >= 0.6 is 0 Å². The van der Waals surface area contributed by atoms with Gasteiger partial charge in [0.2, 0.25) is 18.2 Å². The summed E-state index contributed by atoms with van der Waals surface area (Å²) in [6.07, 6.45) is 5.60. The van der Waals surface area contributed by atoms with Crippen molar-refractivity contribution in [3.05, 3.63) is 89.0 Å². The van der Waals surface area contributed by atoms with E-state index in [0.29, 0.717) is 29.9 Å². The normalized spacial score (nSPS) is 9.66. The highest BCUT2D eigenvalue weighted by Gasteiger charge is 2.13. The number of isocyanates is 3. The van der Waals surface area contributed by atoms with Gasteiger partial charge in [-0.3, -0.25) is 0 Å². The Morgan fingerprint density at radius 2 is 0.966 bits per heavy atom. The van der Waals surface area contributed by atoms with E-state index in [1.165, 1.54) is 0 Å². The van der Waals surface area contributed by atoms with Crippen LogP contribution in [-0.4, -0.2) is 18.2 Å². The predicted octanol–water partition coefficient (Wildman–Crippen LogP) is 4.77. The molecule has 0 heterocycles. The highest BCUT2D eigenvalue weighted by atomic mass is 16.1. The molecule has 0 unspecified atom stereocenters. The third kappa shape index (κ3) is 4.75. The summed E-state index contributed by atoms with van der Waals surface area (Å²) in [4.78, 5) is 43.8. The molecule has 0 aromatic heterocycles. The molecule has 3 rings (SSSR count). The Kier molecular flexibility index (Phi) is 6.51. The fourth-order valence-electron chi connectivity index (χ4n) is 3.18. The summed E-state index contributed by atoms with van der Waals surface area (Å²) < 4.78 is 0. The summed E-state index contributed by atoms with van der Waals surface area (Å²) in [5.74, 6) is 0. The Labute approximate surface area is 167 Å². The van der Waals surface area contributed by atoms with E-state index in [4.69, 9.17) is 0 Å². The average molecular weight is 381 g/mol. The molecule has 0 aliphatic rings. The molecule has 0 fully saturated rings. The summed E-state index contributed by atoms with van der Waals surface area (Å²) in [6.45, 7) is 0. The standard InChI is InChI=1S/C23H15N3O3/c27-14-24-21-9-3-1-6-18(21)12-17-8-5-11-23(26-16-29)20(17)13-19-7-2-4-10-22(19)25-15-28/h1-11H,12-13H2. The van der Waals surface area contributed by atoms with Crippen LogP contribution < -0.4 is 0 Å². The maximum atomic E-state index is 10.9. The van der Waals surface area contributed by atoms with Crippen molar-refractivity contribution in [2.45, 2.75) is 12.8 Å². The first kappa shape index (κ1) is 19.6. The maximum absolute atomic E-state index is 10.9. The minimum absolute atomic E-state index is 0.400. The van der Waals surface area contributed by atoms with Gasteiger partial charge in [-0.15, -0.1) is 0 Å². The van der Waals surface area contributed by atoms with Gasteiger partial charge in [0.1, 0.15) is 0 Å². The number of aliphatic imine (C=N–C) groups is 3. The second-order valence-electron chi connectivity index (χ2n) is 6.14. The summed E-state index contributed by atoms with van der Waals surface area (Å²) in [5.41, 5.74) is 4.86. The molecule has 140 valence electrons. The third-order valence-electron chi connectivity index (χ3n) is 4.48. The Hall–Kier alpha value is -4.20. The van der Waals surface area contributed by atoms with Gasteiger partial charge in [-0.25, -0.2) is 14.4 Å². The van der Waals surface area contributed by atoms with Crippen molar-refractivity contribution in [1.29, 1.82) is 0 Å². The van der Waals surface area contributed by atoms with Crippen molar-refractivity contribution < 1.29 is 14.4 Å². The van der Waals surface area contributed by atoms with Crippen molar-refractivity contribution in [2.75, 3.05) is 0 Å². The minimum Gasteiger partial charge on any atom is -0.211 e. The van der Waals surface area contributed by atoms with Crippen LogP contribution in [0.5, 0.6) is 0 Å². The van der Waals surface area contributed by atoms with E-state index in [0.717, 1.165) is 22.3 Å². The Balaban J connectivity index is 2.11. The quantitative estimate of drug-likeness (QED) is 0.436. The molecule has 29 heavy (non-hydrogen) atoms. The first-order valence-corrected chi connectivity index (χ1v) is 8.77. The summed E-state index contributed by atoms with van der Waals surface area (Å²) >= 11 is 0. The second-order valence-corrected chi connectivity index (χ2v) is 6.14. The number of hydrogen-bond donors (Lipinski definition) is 0. The first-order valence-electron chi connectivity index (χ1n) is 8.77. The van der Waals surface area contributed by atoms with Crippen molar-refractivity contribution >= 4 is 35.3 Å². The lowest BCUT2D eigenvalue weighted by atomic mass is 9.92. The lowest BCUT2D eigenvalue weighted by molar-refractivity contribution is 0.564. The van der Waals surface area contributed by atoms with Crippen LogP contribution in [0.15, 0.2) is 81.7 Å². The topological polar surface area (TPSA) is 88.3 Å². The fraction of sp³-hybridized carbons (Fsp3) is 0.0870. The van der Waals surface area contributed by atoms with E-state index in [9.17, 15) is 14.4 Å². The van der Waals surface area contributed by atoms with E-state index in [2.05, 4.69) is 15.0 Å². The SMILES string of the molecule is O=C=Nc1ccccc1Cc1cccc(N=C=O)c1Cc1ccccc1N=C=O. The molecule has 0 atom stereocenters. The number of benzene rings is 3. The molecule has 3 aromatic carbocycles. The molecule has 0 aliphatic carbocycles. The van der Waals surface area contributed by atoms with Crippen molar-refractivity contribution in [3.8, 4) is 0 Å². The van der Waals surface area contributed by atoms with Crippen molar-refractivity contribution in [2.24, 2.45) is 15.0 Å². The van der Waals surface area contributed by atoms with Gasteiger partial charge >= 0.3 is 0 Å². The predicted molar refractivity (Wildman–Crippen MR) is 108 cm³/mol. The molecule has 0 amide bonds. The second kappa shape index (κ2) is 9.65. The van der Waals surface area contributed by atoms with Crippen molar-refractivity contribution in [1.82, 2.24) is 0 Å². The molecular formula is C23H15N3O3. The lowest BCUT2D eigenvalue weighted by Crippen LogP contribution is -1.99. The van der Waals surface area contributed by atoms with Crippen molar-refractivity contribution in [3.63, 3.8) is 0 Å². The molecule has 0 saturated heterocycles. The highest BCUT2D eigenvalue weighted by molar-refractivity contribution is 5.62. The van der Waals surface area contributed by atoms with Gasteiger partial charge in [0.15, 0.2) is 0 Å². The number of hydrogen-bond acceptors (Lipinski definition) is 6.